The molecule has 0 radical (unpaired) electrons. The summed E-state index contributed by atoms with van der Waals surface area (Å²) < 4.78 is 0. The van der Waals surface area contributed by atoms with Crippen LogP contribution < -0.4 is 5.32 Å². The second kappa shape index (κ2) is 72.7. The first-order valence-corrected chi connectivity index (χ1v) is 41.1. The first-order valence-electron chi connectivity index (χ1n) is 41.1. The normalized spacial score (nSPS) is 14.0. The molecule has 1 aliphatic rings. The predicted octanol–water partition coefficient (Wildman–Crippen LogP) is 25.4. The van der Waals surface area contributed by atoms with Crippen LogP contribution in [0.1, 0.15) is 413 Å². The van der Waals surface area contributed by atoms with E-state index >= 15 is 0 Å². The van der Waals surface area contributed by atoms with Gasteiger partial charge in [0.25, 0.3) is 0 Å². The van der Waals surface area contributed by atoms with Gasteiger partial charge in [0.05, 0.1) is 0 Å². The Morgan fingerprint density at radius 2 is 0.506 bits per heavy atom. The van der Waals surface area contributed by atoms with Crippen LogP contribution in [0.5, 0.6) is 0 Å². The number of nitrogens with zero attached hydrogens (tertiary/aromatic N) is 4. The third-order valence-electron chi connectivity index (χ3n) is 20.1. The minimum absolute atomic E-state index is 0.616. The Labute approximate surface area is 551 Å². The molecule has 1 fully saturated rings. The van der Waals surface area contributed by atoms with E-state index < -0.39 is 0 Å². The minimum atomic E-state index is 0.616. The lowest BCUT2D eigenvalue weighted by molar-refractivity contribution is 0.112. The van der Waals surface area contributed by atoms with Gasteiger partial charge in [0.1, 0.15) is 0 Å². The summed E-state index contributed by atoms with van der Waals surface area (Å²) in [7, 11) is 0. The van der Waals surface area contributed by atoms with Gasteiger partial charge in [-0.2, -0.15) is 0 Å². The number of hydrogen-bond acceptors (Lipinski definition) is 5. The van der Waals surface area contributed by atoms with Crippen LogP contribution in [0.2, 0.25) is 0 Å². The highest BCUT2D eigenvalue weighted by molar-refractivity contribution is 4.83. The van der Waals surface area contributed by atoms with Crippen molar-refractivity contribution in [1.82, 2.24) is 24.9 Å². The molecule has 87 heavy (non-hydrogen) atoms. The Morgan fingerprint density at radius 3 is 0.805 bits per heavy atom. The van der Waals surface area contributed by atoms with E-state index in [1.165, 1.54) is 464 Å². The highest BCUT2D eigenvalue weighted by Gasteiger charge is 2.21. The molecule has 0 aliphatic carbocycles. The van der Waals surface area contributed by atoms with Gasteiger partial charge in [-0.1, -0.05) is 348 Å². The maximum absolute atomic E-state index is 4.24. The molecule has 518 valence electrons. The predicted molar refractivity (Wildman–Crippen MR) is 397 cm³/mol. The number of nitrogens with one attached hydrogen (secondary N) is 1. The zero-order valence-corrected chi connectivity index (χ0v) is 61.1. The summed E-state index contributed by atoms with van der Waals surface area (Å²) in [6.45, 7) is 28.2. The van der Waals surface area contributed by atoms with Crippen molar-refractivity contribution in [3.8, 4) is 0 Å². The van der Waals surface area contributed by atoms with Crippen LogP contribution in [-0.2, 0) is 0 Å². The topological polar surface area (TPSA) is 25.0 Å². The Morgan fingerprint density at radius 1 is 0.264 bits per heavy atom. The number of rotatable bonds is 74. The van der Waals surface area contributed by atoms with E-state index in [9.17, 15) is 0 Å². The van der Waals surface area contributed by atoms with Crippen LogP contribution in [0.25, 0.3) is 0 Å². The third kappa shape index (κ3) is 63.8. The molecule has 1 N–H and O–H groups in total. The first-order chi connectivity index (χ1) is 43.2. The molecule has 0 amide bonds. The van der Waals surface area contributed by atoms with E-state index in [1.807, 2.05) is 0 Å². The molecule has 1 unspecified atom stereocenters. The van der Waals surface area contributed by atoms with Crippen LogP contribution in [-0.4, -0.2) is 111 Å². The van der Waals surface area contributed by atoms with Gasteiger partial charge < -0.3 is 20.0 Å². The van der Waals surface area contributed by atoms with E-state index in [2.05, 4.69) is 83.8 Å². The molecule has 0 spiro atoms. The van der Waals surface area contributed by atoms with Crippen LogP contribution in [0.4, 0.5) is 0 Å². The summed E-state index contributed by atoms with van der Waals surface area (Å²) in [4.78, 5) is 11.6. The molecular formula is C82H165N5. The molecule has 1 heterocycles. The molecule has 1 saturated heterocycles. The second-order valence-corrected chi connectivity index (χ2v) is 28.7. The largest absolute Gasteiger partial charge is 0.313 e. The van der Waals surface area contributed by atoms with Gasteiger partial charge >= 0.3 is 0 Å². The average Bonchev–Trinajstić information content (AvgIpc) is 3.55. The Hall–Kier alpha value is -0.720. The van der Waals surface area contributed by atoms with Crippen molar-refractivity contribution >= 4 is 0 Å². The van der Waals surface area contributed by atoms with Gasteiger partial charge in [0.2, 0.25) is 0 Å². The summed E-state index contributed by atoms with van der Waals surface area (Å²) in [6.07, 6.45) is 93.2. The fourth-order valence-electron chi connectivity index (χ4n) is 13.8. The Kier molecular flexibility index (Phi) is 70.4. The summed E-state index contributed by atoms with van der Waals surface area (Å²) >= 11 is 0. The summed E-state index contributed by atoms with van der Waals surface area (Å²) in [5.74, 6) is 0. The lowest BCUT2D eigenvalue weighted by Gasteiger charge is -2.37. The summed E-state index contributed by atoms with van der Waals surface area (Å²) in [6, 6.07) is 0.616. The molecule has 5 heteroatoms. The summed E-state index contributed by atoms with van der Waals surface area (Å²) in [5.41, 5.74) is 0. The van der Waals surface area contributed by atoms with Crippen molar-refractivity contribution in [2.75, 3.05) is 85.1 Å². The van der Waals surface area contributed by atoms with Crippen molar-refractivity contribution in [2.45, 2.75) is 419 Å². The first kappa shape index (κ1) is 84.3. The molecule has 5 nitrogen and oxygen atoms in total. The quantitative estimate of drug-likeness (QED) is 0.0483. The minimum Gasteiger partial charge on any atom is -0.313 e. The van der Waals surface area contributed by atoms with E-state index in [0.717, 1.165) is 0 Å². The molecule has 0 bridgehead atoms. The van der Waals surface area contributed by atoms with Crippen molar-refractivity contribution in [1.29, 1.82) is 0 Å². The van der Waals surface area contributed by atoms with E-state index in [-0.39, 0.29) is 0 Å². The fraction of sp³-hybridized carbons (Fsp3) is 0.951. The molecule has 1 rings (SSSR count). The van der Waals surface area contributed by atoms with Crippen molar-refractivity contribution in [2.24, 2.45) is 0 Å². The van der Waals surface area contributed by atoms with Crippen molar-refractivity contribution in [3.05, 3.63) is 24.3 Å². The Bertz CT molecular complexity index is 1240. The summed E-state index contributed by atoms with van der Waals surface area (Å²) in [5, 5.41) is 4.24. The average molecular weight is 1220 g/mol. The molecule has 0 aromatic rings. The van der Waals surface area contributed by atoms with Crippen LogP contribution in [0.3, 0.4) is 0 Å². The molecule has 0 aromatic heterocycles. The molecule has 0 saturated carbocycles. The zero-order chi connectivity index (χ0) is 62.3. The molecule has 1 atom stereocenters. The van der Waals surface area contributed by atoms with E-state index in [1.54, 1.807) is 0 Å². The molecule has 1 aliphatic heterocycles. The van der Waals surface area contributed by atoms with Crippen molar-refractivity contribution in [3.63, 3.8) is 0 Å². The van der Waals surface area contributed by atoms with Gasteiger partial charge in [-0.3, -0.25) is 4.90 Å². The molecule has 0 aromatic carbocycles. The van der Waals surface area contributed by atoms with Crippen LogP contribution >= 0.6 is 0 Å². The van der Waals surface area contributed by atoms with E-state index in [0.29, 0.717) is 6.04 Å². The van der Waals surface area contributed by atoms with Crippen molar-refractivity contribution < 1.29 is 0 Å². The smallest absolute Gasteiger partial charge is 0.0207 e. The number of piperazine rings is 1. The van der Waals surface area contributed by atoms with Gasteiger partial charge in [0.15, 0.2) is 0 Å². The van der Waals surface area contributed by atoms with Gasteiger partial charge in [-0.25, -0.2) is 0 Å². The SMILES string of the molecule is CCCCCCCC/C=C\CCCCCCCCN(CCCCCCCC/C=C\CCCCCCCC)CCN1CCN(CCC(CN(CCCCCCCCCCCC)CCCCCCCCCCCC)NCCCCCCCCCCCC)CC1. The Balaban J connectivity index is 2.76. The standard InChI is InChI=1S/C82H165N5/c1-6-11-16-21-26-31-36-38-40-42-44-46-51-54-59-64-70-84(71-65-60-55-52-47-45-43-41-39-37-32-27-22-17-12-7-2)75-78-86-79-76-85(77-80-86)74-68-82(83-69-63-58-53-48-33-28-23-18-13-8-3)81-87(72-66-61-56-49-34-29-24-19-14-9-4)73-67-62-57-50-35-30-25-20-15-10-5/h38-41,82-83H,6-37,42-81H2,1-5H3/b40-38-,41-39-. The number of unbranched alkanes of at least 4 members (excludes halogenated alkanes) is 51. The second-order valence-electron chi connectivity index (χ2n) is 28.7. The van der Waals surface area contributed by atoms with Crippen LogP contribution in [0, 0.1) is 0 Å². The lowest BCUT2D eigenvalue weighted by Crippen LogP contribution is -2.50. The van der Waals surface area contributed by atoms with Crippen LogP contribution in [0.15, 0.2) is 24.3 Å². The zero-order valence-electron chi connectivity index (χ0n) is 61.1. The third-order valence-corrected chi connectivity index (χ3v) is 20.1. The number of hydrogen-bond donors (Lipinski definition) is 1. The molecular weight excluding hydrogens is 1050 g/mol. The highest BCUT2D eigenvalue weighted by Crippen LogP contribution is 2.18. The van der Waals surface area contributed by atoms with Gasteiger partial charge in [-0.05, 0) is 129 Å². The fourth-order valence-corrected chi connectivity index (χ4v) is 13.8. The van der Waals surface area contributed by atoms with Gasteiger partial charge in [-0.15, -0.1) is 0 Å². The number of allylic oxidation sites excluding steroid dienone is 4. The monoisotopic (exact) mass is 1220 g/mol. The highest BCUT2D eigenvalue weighted by atomic mass is 15.3. The maximum Gasteiger partial charge on any atom is 0.0207 e. The maximum atomic E-state index is 4.24. The lowest BCUT2D eigenvalue weighted by atomic mass is 10.1. The van der Waals surface area contributed by atoms with Gasteiger partial charge in [0, 0.05) is 51.9 Å². The van der Waals surface area contributed by atoms with E-state index in [4.69, 9.17) is 0 Å².